The summed E-state index contributed by atoms with van der Waals surface area (Å²) in [6.07, 6.45) is 1.89. The molecule has 0 heterocycles. The lowest BCUT2D eigenvalue weighted by Crippen LogP contribution is -2.44. The van der Waals surface area contributed by atoms with Gasteiger partial charge in [0.2, 0.25) is 5.91 Å². The molecule has 18 heavy (non-hydrogen) atoms. The topological polar surface area (TPSA) is 55.1 Å². The van der Waals surface area contributed by atoms with Crippen LogP contribution in [0.25, 0.3) is 0 Å². The molecule has 1 aromatic rings. The molecule has 2 atom stereocenters. The number of nitrogens with one attached hydrogen (secondary N) is 1. The molecule has 0 aliphatic rings. The van der Waals surface area contributed by atoms with Crippen LogP contribution >= 0.6 is 0 Å². The monoisotopic (exact) mass is 248 g/mol. The van der Waals surface area contributed by atoms with Crippen molar-refractivity contribution in [2.45, 2.75) is 46.2 Å². The van der Waals surface area contributed by atoms with Gasteiger partial charge in [-0.2, -0.15) is 0 Å². The highest BCUT2D eigenvalue weighted by Crippen LogP contribution is 2.10. The number of nitrogens with two attached hydrogens (primary N) is 1. The molecule has 0 radical (unpaired) electrons. The molecule has 1 aromatic carbocycles. The number of hydrogen-bond donors (Lipinski definition) is 2. The molecule has 0 aliphatic carbocycles. The molecule has 0 spiro atoms. The molecule has 0 fully saturated rings. The van der Waals surface area contributed by atoms with Gasteiger partial charge in [0.25, 0.3) is 0 Å². The molecule has 1 rings (SSSR count). The van der Waals surface area contributed by atoms with Crippen LogP contribution in [-0.2, 0) is 17.8 Å². The Morgan fingerprint density at radius 1 is 1.28 bits per heavy atom. The Kier molecular flexibility index (Phi) is 5.86. The maximum atomic E-state index is 11.9. The van der Waals surface area contributed by atoms with Gasteiger partial charge in [-0.25, -0.2) is 0 Å². The van der Waals surface area contributed by atoms with Crippen LogP contribution in [0.4, 0.5) is 0 Å². The minimum Gasteiger partial charge on any atom is -0.351 e. The largest absolute Gasteiger partial charge is 0.351 e. The van der Waals surface area contributed by atoms with Crippen LogP contribution in [0.15, 0.2) is 24.3 Å². The second kappa shape index (κ2) is 7.17. The fourth-order valence-corrected chi connectivity index (χ4v) is 1.89. The van der Waals surface area contributed by atoms with E-state index in [1.165, 1.54) is 11.1 Å². The highest BCUT2D eigenvalue weighted by molar-refractivity contribution is 5.81. The molecule has 3 heteroatoms. The van der Waals surface area contributed by atoms with Gasteiger partial charge >= 0.3 is 0 Å². The van der Waals surface area contributed by atoms with E-state index < -0.39 is 6.04 Å². The first-order valence-electron chi connectivity index (χ1n) is 6.70. The third-order valence-corrected chi connectivity index (χ3v) is 3.51. The number of hydrogen-bond acceptors (Lipinski definition) is 2. The molecule has 0 aromatic heterocycles. The summed E-state index contributed by atoms with van der Waals surface area (Å²) in [6.45, 7) is 6.73. The summed E-state index contributed by atoms with van der Waals surface area (Å²) >= 11 is 0. The Balaban J connectivity index is 2.57. The maximum absolute atomic E-state index is 11.9. The Labute approximate surface area is 110 Å². The summed E-state index contributed by atoms with van der Waals surface area (Å²) in [4.78, 5) is 11.9. The van der Waals surface area contributed by atoms with Crippen molar-refractivity contribution < 1.29 is 4.79 Å². The van der Waals surface area contributed by atoms with E-state index in [4.69, 9.17) is 5.73 Å². The Bertz CT molecular complexity index is 390. The zero-order valence-electron chi connectivity index (χ0n) is 11.6. The lowest BCUT2D eigenvalue weighted by atomic mass is 9.99. The number of carbonyl (C=O) groups is 1. The van der Waals surface area contributed by atoms with E-state index in [-0.39, 0.29) is 11.8 Å². The molecule has 0 unspecified atom stereocenters. The average Bonchev–Trinajstić information content (AvgIpc) is 2.43. The second-order valence-corrected chi connectivity index (χ2v) is 4.75. The second-order valence-electron chi connectivity index (χ2n) is 4.75. The lowest BCUT2D eigenvalue weighted by molar-refractivity contribution is -0.123. The third-order valence-electron chi connectivity index (χ3n) is 3.51. The lowest BCUT2D eigenvalue weighted by Gasteiger charge is -2.18. The number of benzene rings is 1. The normalized spacial score (nSPS) is 14.0. The zero-order valence-corrected chi connectivity index (χ0v) is 11.6. The molecule has 1 amide bonds. The molecule has 3 N–H and O–H groups in total. The van der Waals surface area contributed by atoms with Crippen LogP contribution in [-0.4, -0.2) is 11.9 Å². The predicted octanol–water partition coefficient (Wildman–Crippen LogP) is 2.24. The van der Waals surface area contributed by atoms with Gasteiger partial charge in [-0.3, -0.25) is 4.79 Å². The van der Waals surface area contributed by atoms with Gasteiger partial charge in [0.05, 0.1) is 6.04 Å². The number of carbonyl (C=O) groups excluding carboxylic acids is 1. The molecule has 100 valence electrons. The van der Waals surface area contributed by atoms with E-state index in [1.807, 2.05) is 32.0 Å². The minimum atomic E-state index is -0.413. The Morgan fingerprint density at radius 2 is 1.89 bits per heavy atom. The quantitative estimate of drug-likeness (QED) is 0.811. The summed E-state index contributed by atoms with van der Waals surface area (Å²) < 4.78 is 0. The number of amides is 1. The minimum absolute atomic E-state index is 0.0599. The van der Waals surface area contributed by atoms with Gasteiger partial charge in [-0.05, 0) is 23.5 Å². The van der Waals surface area contributed by atoms with Crippen LogP contribution in [0.5, 0.6) is 0 Å². The van der Waals surface area contributed by atoms with Crippen molar-refractivity contribution in [2.75, 3.05) is 0 Å². The smallest absolute Gasteiger partial charge is 0.237 e. The van der Waals surface area contributed by atoms with Gasteiger partial charge in [0.15, 0.2) is 0 Å². The van der Waals surface area contributed by atoms with E-state index in [1.54, 1.807) is 0 Å². The maximum Gasteiger partial charge on any atom is 0.237 e. The van der Waals surface area contributed by atoms with E-state index in [0.29, 0.717) is 6.54 Å². The molecular weight excluding hydrogens is 224 g/mol. The van der Waals surface area contributed by atoms with Crippen molar-refractivity contribution in [1.82, 2.24) is 5.32 Å². The van der Waals surface area contributed by atoms with Gasteiger partial charge in [0.1, 0.15) is 0 Å². The highest BCUT2D eigenvalue weighted by Gasteiger charge is 2.18. The van der Waals surface area contributed by atoms with Gasteiger partial charge in [-0.1, -0.05) is 51.5 Å². The highest BCUT2D eigenvalue weighted by atomic mass is 16.2. The summed E-state index contributed by atoms with van der Waals surface area (Å²) in [7, 11) is 0. The molecule has 0 saturated carbocycles. The van der Waals surface area contributed by atoms with E-state index in [2.05, 4.69) is 18.3 Å². The summed E-state index contributed by atoms with van der Waals surface area (Å²) in [6, 6.07) is 7.75. The van der Waals surface area contributed by atoms with E-state index >= 15 is 0 Å². The molecule has 3 nitrogen and oxygen atoms in total. The van der Waals surface area contributed by atoms with Crippen molar-refractivity contribution in [3.05, 3.63) is 35.4 Å². The summed E-state index contributed by atoms with van der Waals surface area (Å²) in [5, 5.41) is 2.92. The first-order chi connectivity index (χ1) is 8.60. The van der Waals surface area contributed by atoms with Crippen LogP contribution in [0.3, 0.4) is 0 Å². The summed E-state index contributed by atoms with van der Waals surface area (Å²) in [5.74, 6) is 0.154. The molecular formula is C15H24N2O. The van der Waals surface area contributed by atoms with Crippen LogP contribution in [0.2, 0.25) is 0 Å². The Morgan fingerprint density at radius 3 is 2.44 bits per heavy atom. The predicted molar refractivity (Wildman–Crippen MR) is 75.1 cm³/mol. The van der Waals surface area contributed by atoms with Crippen LogP contribution in [0.1, 0.15) is 38.3 Å². The first kappa shape index (κ1) is 14.7. The third kappa shape index (κ3) is 3.84. The fourth-order valence-electron chi connectivity index (χ4n) is 1.89. The molecule has 0 saturated heterocycles. The van der Waals surface area contributed by atoms with Crippen LogP contribution in [0, 0.1) is 5.92 Å². The van der Waals surface area contributed by atoms with Crippen molar-refractivity contribution in [3.63, 3.8) is 0 Å². The SMILES string of the molecule is CCc1ccccc1CNC(=O)[C@@H](N)[C@@H](C)CC. The van der Waals surface area contributed by atoms with Crippen molar-refractivity contribution >= 4 is 5.91 Å². The summed E-state index contributed by atoms with van der Waals surface area (Å²) in [5.41, 5.74) is 8.34. The van der Waals surface area contributed by atoms with Crippen molar-refractivity contribution in [1.29, 1.82) is 0 Å². The van der Waals surface area contributed by atoms with E-state index in [0.717, 1.165) is 12.8 Å². The standard InChI is InChI=1S/C15H24N2O/c1-4-11(3)14(16)15(18)17-10-13-9-7-6-8-12(13)5-2/h6-9,11,14H,4-5,10,16H2,1-3H3,(H,17,18)/t11-,14-/m0/s1. The van der Waals surface area contributed by atoms with Crippen molar-refractivity contribution in [3.8, 4) is 0 Å². The molecule has 0 aliphatic heterocycles. The van der Waals surface area contributed by atoms with Gasteiger partial charge in [-0.15, -0.1) is 0 Å². The van der Waals surface area contributed by atoms with Gasteiger partial charge in [0, 0.05) is 6.54 Å². The fraction of sp³-hybridized carbons (Fsp3) is 0.533. The van der Waals surface area contributed by atoms with Gasteiger partial charge < -0.3 is 11.1 Å². The Hall–Kier alpha value is -1.35. The number of rotatable bonds is 6. The molecule has 0 bridgehead atoms. The van der Waals surface area contributed by atoms with Crippen LogP contribution < -0.4 is 11.1 Å². The number of aryl methyl sites for hydroxylation is 1. The first-order valence-corrected chi connectivity index (χ1v) is 6.70. The van der Waals surface area contributed by atoms with Crippen molar-refractivity contribution in [2.24, 2.45) is 11.7 Å². The van der Waals surface area contributed by atoms with E-state index in [9.17, 15) is 4.79 Å². The zero-order chi connectivity index (χ0) is 13.5. The average molecular weight is 248 g/mol.